The largest absolute Gasteiger partial charge is 0.456 e. The predicted octanol–water partition coefficient (Wildman–Crippen LogP) is 2.47. The fourth-order valence-corrected chi connectivity index (χ4v) is 1.56. The van der Waals surface area contributed by atoms with Crippen molar-refractivity contribution in [3.63, 3.8) is 0 Å². The Bertz CT molecular complexity index is 577. The molecule has 0 atom stereocenters. The molecule has 4 heteroatoms. The van der Waals surface area contributed by atoms with Gasteiger partial charge in [0.1, 0.15) is 11.5 Å². The highest BCUT2D eigenvalue weighted by atomic mass is 16.5. The van der Waals surface area contributed by atoms with E-state index >= 15 is 0 Å². The van der Waals surface area contributed by atoms with Crippen molar-refractivity contribution in [3.8, 4) is 11.5 Å². The lowest BCUT2D eigenvalue weighted by atomic mass is 10.1. The zero-order valence-corrected chi connectivity index (χ0v) is 10.0. The van der Waals surface area contributed by atoms with Gasteiger partial charge in [-0.25, -0.2) is 0 Å². The molecule has 0 aliphatic carbocycles. The molecule has 18 heavy (non-hydrogen) atoms. The number of carbonyl (C=O) groups is 1. The summed E-state index contributed by atoms with van der Waals surface area (Å²) in [4.78, 5) is 11.3. The molecule has 0 aliphatic heterocycles. The van der Waals surface area contributed by atoms with Crippen LogP contribution in [0.5, 0.6) is 11.5 Å². The second kappa shape index (κ2) is 4.79. The summed E-state index contributed by atoms with van der Waals surface area (Å²) in [6, 6.07) is 12.2. The molecule has 0 unspecified atom stereocenters. The molecular formula is C14H14N2O2. The van der Waals surface area contributed by atoms with Crippen molar-refractivity contribution in [1.29, 1.82) is 0 Å². The molecule has 0 fully saturated rings. The maximum Gasteiger partial charge on any atom is 0.252 e. The smallest absolute Gasteiger partial charge is 0.252 e. The van der Waals surface area contributed by atoms with Crippen LogP contribution in [-0.4, -0.2) is 5.91 Å². The van der Waals surface area contributed by atoms with Crippen LogP contribution in [0.15, 0.2) is 42.5 Å². The number of ether oxygens (including phenoxy) is 1. The zero-order chi connectivity index (χ0) is 13.1. The lowest BCUT2D eigenvalue weighted by Gasteiger charge is -2.10. The van der Waals surface area contributed by atoms with Crippen molar-refractivity contribution in [2.24, 2.45) is 5.73 Å². The van der Waals surface area contributed by atoms with E-state index in [0.29, 0.717) is 22.7 Å². The minimum Gasteiger partial charge on any atom is -0.456 e. The number of benzene rings is 2. The van der Waals surface area contributed by atoms with Crippen LogP contribution in [0.2, 0.25) is 0 Å². The number of anilines is 1. The van der Waals surface area contributed by atoms with E-state index in [0.717, 1.165) is 5.56 Å². The first-order valence-electron chi connectivity index (χ1n) is 5.50. The Hall–Kier alpha value is -2.49. The summed E-state index contributed by atoms with van der Waals surface area (Å²) in [5.41, 5.74) is 12.9. The molecule has 2 aromatic rings. The molecule has 0 saturated carbocycles. The van der Waals surface area contributed by atoms with Gasteiger partial charge in [-0.15, -0.1) is 0 Å². The van der Waals surface area contributed by atoms with Gasteiger partial charge in [-0.2, -0.15) is 0 Å². The van der Waals surface area contributed by atoms with Gasteiger partial charge >= 0.3 is 0 Å². The van der Waals surface area contributed by atoms with E-state index in [1.54, 1.807) is 18.2 Å². The minimum atomic E-state index is -0.544. The van der Waals surface area contributed by atoms with E-state index in [-0.39, 0.29) is 0 Å². The number of hydrogen-bond donors (Lipinski definition) is 2. The molecular weight excluding hydrogens is 228 g/mol. The van der Waals surface area contributed by atoms with Gasteiger partial charge in [0.2, 0.25) is 0 Å². The van der Waals surface area contributed by atoms with Crippen LogP contribution in [0.4, 0.5) is 5.69 Å². The highest BCUT2D eigenvalue weighted by Gasteiger charge is 2.10. The minimum absolute atomic E-state index is 0.310. The van der Waals surface area contributed by atoms with E-state index in [1.807, 2.05) is 31.2 Å². The Balaban J connectivity index is 2.35. The summed E-state index contributed by atoms with van der Waals surface area (Å²) in [6.45, 7) is 1.99. The highest BCUT2D eigenvalue weighted by Crippen LogP contribution is 2.27. The molecule has 0 bridgehead atoms. The molecule has 4 nitrogen and oxygen atoms in total. The quantitative estimate of drug-likeness (QED) is 0.811. The van der Waals surface area contributed by atoms with Crippen LogP contribution >= 0.6 is 0 Å². The first-order chi connectivity index (χ1) is 8.56. The summed E-state index contributed by atoms with van der Waals surface area (Å²) in [7, 11) is 0. The van der Waals surface area contributed by atoms with Crippen molar-refractivity contribution in [3.05, 3.63) is 53.6 Å². The van der Waals surface area contributed by atoms with Crippen LogP contribution in [0.25, 0.3) is 0 Å². The van der Waals surface area contributed by atoms with Gasteiger partial charge in [-0.05, 0) is 31.2 Å². The fourth-order valence-electron chi connectivity index (χ4n) is 1.56. The monoisotopic (exact) mass is 242 g/mol. The van der Waals surface area contributed by atoms with Crippen molar-refractivity contribution < 1.29 is 9.53 Å². The lowest BCUT2D eigenvalue weighted by Crippen LogP contribution is -2.12. The number of nitrogens with two attached hydrogens (primary N) is 2. The zero-order valence-electron chi connectivity index (χ0n) is 10.0. The van der Waals surface area contributed by atoms with E-state index in [1.165, 1.54) is 0 Å². The highest BCUT2D eigenvalue weighted by molar-refractivity contribution is 5.96. The molecule has 0 spiro atoms. The van der Waals surface area contributed by atoms with Gasteiger partial charge in [0, 0.05) is 11.8 Å². The van der Waals surface area contributed by atoms with Gasteiger partial charge in [0.15, 0.2) is 0 Å². The van der Waals surface area contributed by atoms with Gasteiger partial charge in [0.05, 0.1) is 5.56 Å². The van der Waals surface area contributed by atoms with Crippen molar-refractivity contribution in [2.75, 3.05) is 5.73 Å². The predicted molar refractivity (Wildman–Crippen MR) is 70.6 cm³/mol. The van der Waals surface area contributed by atoms with Crippen molar-refractivity contribution in [2.45, 2.75) is 6.92 Å². The summed E-state index contributed by atoms with van der Waals surface area (Å²) in [5.74, 6) is 0.456. The molecule has 0 heterocycles. The standard InChI is InChI=1S/C14H14N2O2/c1-9-2-5-11(6-3-9)18-13-8-10(15)4-7-12(13)14(16)17/h2-8H,15H2,1H3,(H2,16,17). The van der Waals surface area contributed by atoms with Crippen LogP contribution in [0.1, 0.15) is 15.9 Å². The maximum atomic E-state index is 11.3. The summed E-state index contributed by atoms with van der Waals surface area (Å²) in [5, 5.41) is 0. The molecule has 0 aliphatic rings. The third kappa shape index (κ3) is 2.60. The Labute approximate surface area is 105 Å². The Morgan fingerprint density at radius 3 is 2.39 bits per heavy atom. The molecule has 0 aromatic heterocycles. The molecule has 0 saturated heterocycles. The number of primary amides is 1. The number of carbonyl (C=O) groups excluding carboxylic acids is 1. The van der Waals surface area contributed by atoms with Gasteiger partial charge in [0.25, 0.3) is 5.91 Å². The number of hydrogen-bond acceptors (Lipinski definition) is 3. The first kappa shape index (κ1) is 12.0. The Morgan fingerprint density at radius 2 is 1.78 bits per heavy atom. The molecule has 2 rings (SSSR count). The van der Waals surface area contributed by atoms with E-state index < -0.39 is 5.91 Å². The number of aryl methyl sites for hydroxylation is 1. The van der Waals surface area contributed by atoms with Gasteiger partial charge < -0.3 is 16.2 Å². The average molecular weight is 242 g/mol. The number of nitrogen functional groups attached to an aromatic ring is 1. The molecule has 2 aromatic carbocycles. The number of rotatable bonds is 3. The van der Waals surface area contributed by atoms with Crippen LogP contribution < -0.4 is 16.2 Å². The third-order valence-electron chi connectivity index (χ3n) is 2.52. The number of amides is 1. The van der Waals surface area contributed by atoms with Crippen LogP contribution in [0.3, 0.4) is 0 Å². The first-order valence-corrected chi connectivity index (χ1v) is 5.50. The van der Waals surface area contributed by atoms with Crippen LogP contribution in [-0.2, 0) is 0 Å². The molecule has 1 amide bonds. The SMILES string of the molecule is Cc1ccc(Oc2cc(N)ccc2C(N)=O)cc1. The van der Waals surface area contributed by atoms with Crippen LogP contribution in [0, 0.1) is 6.92 Å². The topological polar surface area (TPSA) is 78.3 Å². The van der Waals surface area contributed by atoms with E-state index in [2.05, 4.69) is 0 Å². The van der Waals surface area contributed by atoms with E-state index in [9.17, 15) is 4.79 Å². The second-order valence-electron chi connectivity index (χ2n) is 4.03. The second-order valence-corrected chi connectivity index (χ2v) is 4.03. The van der Waals surface area contributed by atoms with Crippen molar-refractivity contribution in [1.82, 2.24) is 0 Å². The molecule has 0 radical (unpaired) electrons. The molecule has 92 valence electrons. The van der Waals surface area contributed by atoms with Gasteiger partial charge in [-0.1, -0.05) is 17.7 Å². The van der Waals surface area contributed by atoms with Crippen molar-refractivity contribution >= 4 is 11.6 Å². The van der Waals surface area contributed by atoms with E-state index in [4.69, 9.17) is 16.2 Å². The summed E-state index contributed by atoms with van der Waals surface area (Å²) < 4.78 is 5.63. The Morgan fingerprint density at radius 1 is 1.11 bits per heavy atom. The summed E-state index contributed by atoms with van der Waals surface area (Å²) in [6.07, 6.45) is 0. The fraction of sp³-hybridized carbons (Fsp3) is 0.0714. The molecule has 4 N–H and O–H groups in total. The maximum absolute atomic E-state index is 11.3. The normalized spacial score (nSPS) is 10.1. The lowest BCUT2D eigenvalue weighted by molar-refractivity contribution is 0.0998. The third-order valence-corrected chi connectivity index (χ3v) is 2.52. The average Bonchev–Trinajstić information content (AvgIpc) is 2.32. The Kier molecular flexibility index (Phi) is 3.19. The van der Waals surface area contributed by atoms with Gasteiger partial charge in [-0.3, -0.25) is 4.79 Å². The summed E-state index contributed by atoms with van der Waals surface area (Å²) >= 11 is 0.